The van der Waals surface area contributed by atoms with Crippen LogP contribution in [0.5, 0.6) is 0 Å². The largest absolute Gasteiger partial charge is 0.345 e. The highest BCUT2D eigenvalue weighted by atomic mass is 16.2. The summed E-state index contributed by atoms with van der Waals surface area (Å²) < 4.78 is 0. The Morgan fingerprint density at radius 2 is 1.88 bits per heavy atom. The highest BCUT2D eigenvalue weighted by molar-refractivity contribution is 6.39. The summed E-state index contributed by atoms with van der Waals surface area (Å²) in [7, 11) is 0. The first kappa shape index (κ1) is 16.1. The van der Waals surface area contributed by atoms with E-state index in [0.717, 1.165) is 61.9 Å². The summed E-state index contributed by atoms with van der Waals surface area (Å²) in [6, 6.07) is 3.86. The van der Waals surface area contributed by atoms with Gasteiger partial charge in [-0.25, -0.2) is 0 Å². The molecule has 1 aromatic rings. The van der Waals surface area contributed by atoms with Crippen molar-refractivity contribution in [2.75, 3.05) is 16.8 Å². The number of amides is 3. The molecule has 0 radical (unpaired) electrons. The quantitative estimate of drug-likeness (QED) is 0.809. The predicted molar refractivity (Wildman–Crippen MR) is 94.6 cm³/mol. The molecule has 0 aromatic heterocycles. The van der Waals surface area contributed by atoms with Crippen molar-refractivity contribution in [3.63, 3.8) is 0 Å². The van der Waals surface area contributed by atoms with Crippen molar-refractivity contribution in [2.45, 2.75) is 57.4 Å². The molecule has 1 fully saturated rings. The molecule has 25 heavy (non-hydrogen) atoms. The van der Waals surface area contributed by atoms with Crippen LogP contribution in [0.25, 0.3) is 0 Å². The van der Waals surface area contributed by atoms with E-state index in [4.69, 9.17) is 0 Å². The predicted octanol–water partition coefficient (Wildman–Crippen LogP) is 2.08. The number of benzene rings is 1. The Morgan fingerprint density at radius 3 is 2.64 bits per heavy atom. The van der Waals surface area contributed by atoms with Crippen LogP contribution >= 0.6 is 0 Å². The minimum atomic E-state index is -0.635. The maximum atomic E-state index is 12.4. The minimum Gasteiger partial charge on any atom is -0.345 e. The van der Waals surface area contributed by atoms with Gasteiger partial charge in [-0.3, -0.25) is 14.4 Å². The fraction of sp³-hybridized carbons (Fsp3) is 0.526. The number of aryl methyl sites for hydroxylation is 1. The van der Waals surface area contributed by atoms with E-state index < -0.39 is 11.8 Å². The Labute approximate surface area is 147 Å². The van der Waals surface area contributed by atoms with Crippen molar-refractivity contribution in [3.05, 3.63) is 23.3 Å². The van der Waals surface area contributed by atoms with Gasteiger partial charge in [0.1, 0.15) is 0 Å². The molecular weight excluding hydrogens is 318 g/mol. The molecule has 4 rings (SSSR count). The zero-order valence-electron chi connectivity index (χ0n) is 14.4. The molecular formula is C19H23N3O3. The summed E-state index contributed by atoms with van der Waals surface area (Å²) in [5.41, 5.74) is 3.64. The first-order valence-corrected chi connectivity index (χ1v) is 9.14. The molecule has 1 aliphatic carbocycles. The van der Waals surface area contributed by atoms with Crippen LogP contribution in [0.4, 0.5) is 11.4 Å². The summed E-state index contributed by atoms with van der Waals surface area (Å²) in [6.07, 6.45) is 5.89. The van der Waals surface area contributed by atoms with Gasteiger partial charge in [-0.1, -0.05) is 12.8 Å². The van der Waals surface area contributed by atoms with Crippen LogP contribution in [0.2, 0.25) is 0 Å². The Kier molecular flexibility index (Phi) is 3.98. The smallest absolute Gasteiger partial charge is 0.313 e. The fourth-order valence-corrected chi connectivity index (χ4v) is 4.28. The van der Waals surface area contributed by atoms with E-state index in [9.17, 15) is 14.4 Å². The van der Waals surface area contributed by atoms with Gasteiger partial charge < -0.3 is 15.5 Å². The third-order valence-corrected chi connectivity index (χ3v) is 5.57. The molecule has 6 nitrogen and oxygen atoms in total. The molecule has 1 atom stereocenters. The van der Waals surface area contributed by atoms with Crippen molar-refractivity contribution >= 4 is 29.1 Å². The highest BCUT2D eigenvalue weighted by Crippen LogP contribution is 2.44. The summed E-state index contributed by atoms with van der Waals surface area (Å²) in [5, 5.41) is 5.51. The van der Waals surface area contributed by atoms with E-state index in [1.807, 2.05) is 24.0 Å². The Bertz CT molecular complexity index is 753. The zero-order chi connectivity index (χ0) is 17.6. The molecule has 6 heteroatoms. The van der Waals surface area contributed by atoms with Crippen LogP contribution in [-0.4, -0.2) is 30.3 Å². The van der Waals surface area contributed by atoms with Crippen LogP contribution in [0.3, 0.4) is 0 Å². The number of carbonyl (C=O) groups is 3. The van der Waals surface area contributed by atoms with Crippen LogP contribution in [0, 0.1) is 0 Å². The summed E-state index contributed by atoms with van der Waals surface area (Å²) >= 11 is 0. The Morgan fingerprint density at radius 1 is 1.12 bits per heavy atom. The SMILES string of the molecule is C[C@H]1C(=O)N2CCCc3cc(NC(=O)C(=O)NC4CCCC4)cc1c32. The fourth-order valence-electron chi connectivity index (χ4n) is 4.28. The molecule has 1 saturated carbocycles. The molecule has 3 aliphatic rings. The van der Waals surface area contributed by atoms with E-state index in [1.165, 1.54) is 0 Å². The lowest BCUT2D eigenvalue weighted by Gasteiger charge is -2.26. The van der Waals surface area contributed by atoms with Gasteiger partial charge in [0.2, 0.25) is 5.91 Å². The minimum absolute atomic E-state index is 0.116. The zero-order valence-corrected chi connectivity index (χ0v) is 14.4. The third kappa shape index (κ3) is 2.79. The van der Waals surface area contributed by atoms with Gasteiger partial charge in [0.25, 0.3) is 0 Å². The van der Waals surface area contributed by atoms with Gasteiger partial charge in [-0.15, -0.1) is 0 Å². The monoisotopic (exact) mass is 341 g/mol. The van der Waals surface area contributed by atoms with Crippen molar-refractivity contribution < 1.29 is 14.4 Å². The number of nitrogens with one attached hydrogen (secondary N) is 2. The lowest BCUT2D eigenvalue weighted by atomic mass is 9.96. The first-order chi connectivity index (χ1) is 12.0. The van der Waals surface area contributed by atoms with E-state index in [0.29, 0.717) is 5.69 Å². The van der Waals surface area contributed by atoms with Gasteiger partial charge in [0.15, 0.2) is 0 Å². The maximum absolute atomic E-state index is 12.4. The van der Waals surface area contributed by atoms with Crippen LogP contribution in [0.1, 0.15) is 56.1 Å². The molecule has 2 aliphatic heterocycles. The van der Waals surface area contributed by atoms with Crippen molar-refractivity contribution in [1.29, 1.82) is 0 Å². The summed E-state index contributed by atoms with van der Waals surface area (Å²) in [5.74, 6) is -1.29. The van der Waals surface area contributed by atoms with Gasteiger partial charge in [-0.2, -0.15) is 0 Å². The standard InChI is InChI=1S/C19H23N3O3/c1-11-15-10-14(9-12-5-4-8-22(16(12)15)19(11)25)21-18(24)17(23)20-13-6-2-3-7-13/h9-11,13H,2-8H2,1H3,(H,20,23)(H,21,24)/t11-/m1/s1. The number of carbonyl (C=O) groups excluding carboxylic acids is 3. The lowest BCUT2D eigenvalue weighted by molar-refractivity contribution is -0.136. The summed E-state index contributed by atoms with van der Waals surface area (Å²) in [4.78, 5) is 38.6. The van der Waals surface area contributed by atoms with E-state index in [-0.39, 0.29) is 17.9 Å². The Hall–Kier alpha value is -2.37. The lowest BCUT2D eigenvalue weighted by Crippen LogP contribution is -2.40. The maximum Gasteiger partial charge on any atom is 0.313 e. The first-order valence-electron chi connectivity index (χ1n) is 9.14. The van der Waals surface area contributed by atoms with E-state index >= 15 is 0 Å². The molecule has 1 aromatic carbocycles. The number of hydrogen-bond donors (Lipinski definition) is 2. The molecule has 132 valence electrons. The number of rotatable bonds is 2. The molecule has 2 heterocycles. The van der Waals surface area contributed by atoms with E-state index in [2.05, 4.69) is 10.6 Å². The molecule has 2 N–H and O–H groups in total. The number of nitrogens with zero attached hydrogens (tertiary/aromatic N) is 1. The van der Waals surface area contributed by atoms with Gasteiger partial charge in [-0.05, 0) is 55.9 Å². The second kappa shape index (κ2) is 6.17. The average Bonchev–Trinajstić information content (AvgIpc) is 3.19. The molecule has 0 unspecified atom stereocenters. The second-order valence-electron chi connectivity index (χ2n) is 7.30. The average molecular weight is 341 g/mol. The van der Waals surface area contributed by atoms with Crippen molar-refractivity contribution in [3.8, 4) is 0 Å². The second-order valence-corrected chi connectivity index (χ2v) is 7.30. The van der Waals surface area contributed by atoms with Gasteiger partial charge >= 0.3 is 11.8 Å². The molecule has 0 saturated heterocycles. The molecule has 0 bridgehead atoms. The Balaban J connectivity index is 1.53. The molecule has 3 amide bonds. The molecule has 0 spiro atoms. The summed E-state index contributed by atoms with van der Waals surface area (Å²) in [6.45, 7) is 2.66. The topological polar surface area (TPSA) is 78.5 Å². The van der Waals surface area contributed by atoms with Crippen molar-refractivity contribution in [1.82, 2.24) is 5.32 Å². The number of anilines is 2. The van der Waals surface area contributed by atoms with Crippen molar-refractivity contribution in [2.24, 2.45) is 0 Å². The van der Waals surface area contributed by atoms with Crippen LogP contribution in [0.15, 0.2) is 12.1 Å². The van der Waals surface area contributed by atoms with Crippen LogP contribution in [-0.2, 0) is 20.8 Å². The number of hydrogen-bond acceptors (Lipinski definition) is 3. The third-order valence-electron chi connectivity index (χ3n) is 5.57. The highest BCUT2D eigenvalue weighted by Gasteiger charge is 2.38. The van der Waals surface area contributed by atoms with Gasteiger partial charge in [0.05, 0.1) is 11.6 Å². The van der Waals surface area contributed by atoms with E-state index in [1.54, 1.807) is 0 Å². The van der Waals surface area contributed by atoms with Crippen LogP contribution < -0.4 is 15.5 Å². The normalized spacial score (nSPS) is 22.0. The van der Waals surface area contributed by atoms with Gasteiger partial charge in [0, 0.05) is 18.3 Å².